The van der Waals surface area contributed by atoms with Crippen LogP contribution in [0.1, 0.15) is 36.8 Å². The molecule has 0 radical (unpaired) electrons. The van der Waals surface area contributed by atoms with Crippen molar-refractivity contribution < 1.29 is 17.9 Å². The van der Waals surface area contributed by atoms with Crippen molar-refractivity contribution in [1.82, 2.24) is 14.5 Å². The van der Waals surface area contributed by atoms with Crippen molar-refractivity contribution in [2.75, 3.05) is 20.2 Å². The number of ether oxygens (including phenoxy) is 1. The van der Waals surface area contributed by atoms with Crippen LogP contribution in [0.2, 0.25) is 0 Å². The average Bonchev–Trinajstić information content (AvgIpc) is 3.41. The lowest BCUT2D eigenvalue weighted by Gasteiger charge is -2.33. The van der Waals surface area contributed by atoms with Crippen LogP contribution in [0.25, 0.3) is 0 Å². The predicted octanol–water partition coefficient (Wildman–Crippen LogP) is 1.68. The number of amides is 2. The normalized spacial score (nSPS) is 23.6. The molecule has 2 heterocycles. The van der Waals surface area contributed by atoms with Crippen LogP contribution < -0.4 is 10.1 Å². The number of piperidine rings is 1. The van der Waals surface area contributed by atoms with Gasteiger partial charge in [0.25, 0.3) is 0 Å². The van der Waals surface area contributed by atoms with Gasteiger partial charge >= 0.3 is 6.03 Å². The summed E-state index contributed by atoms with van der Waals surface area (Å²) in [6.45, 7) is 2.08. The number of sulfonamides is 1. The van der Waals surface area contributed by atoms with E-state index in [9.17, 15) is 13.2 Å². The van der Waals surface area contributed by atoms with Gasteiger partial charge < -0.3 is 15.0 Å². The van der Waals surface area contributed by atoms with E-state index in [1.54, 1.807) is 16.3 Å². The molecule has 0 aromatic heterocycles. The van der Waals surface area contributed by atoms with Crippen LogP contribution in [0, 0.1) is 0 Å². The third-order valence-electron chi connectivity index (χ3n) is 5.44. The van der Waals surface area contributed by atoms with E-state index >= 15 is 0 Å². The molecule has 1 aromatic carbocycles. The Balaban J connectivity index is 1.36. The summed E-state index contributed by atoms with van der Waals surface area (Å²) >= 11 is 0. The van der Waals surface area contributed by atoms with Crippen molar-refractivity contribution in [1.29, 1.82) is 0 Å². The molecule has 1 saturated carbocycles. The van der Waals surface area contributed by atoms with Crippen molar-refractivity contribution in [2.24, 2.45) is 0 Å². The number of hydrogen-bond acceptors (Lipinski definition) is 4. The first-order valence-corrected chi connectivity index (χ1v) is 10.7. The molecule has 1 aliphatic carbocycles. The van der Waals surface area contributed by atoms with E-state index in [0.717, 1.165) is 42.6 Å². The third-order valence-corrected chi connectivity index (χ3v) is 7.81. The molecule has 2 amide bonds. The molecule has 0 unspecified atom stereocenters. The molecule has 1 atom stereocenters. The predicted molar refractivity (Wildman–Crippen MR) is 97.3 cm³/mol. The standard InChI is InChI=1S/C18H25N3O4S/c1-25-16-5-4-13-10-20(11-14(13)9-16)18(22)19-15-3-2-8-21(12-15)26(23,24)17-6-7-17/h4-5,9,15,17H,2-3,6-8,10-12H2,1H3,(H,19,22)/t15-/m1/s1. The number of fused-ring (bicyclic) bond motifs is 1. The Morgan fingerprint density at radius 2 is 1.96 bits per heavy atom. The van der Waals surface area contributed by atoms with Crippen molar-refractivity contribution in [2.45, 2.75) is 50.1 Å². The molecule has 3 aliphatic rings. The smallest absolute Gasteiger partial charge is 0.318 e. The highest BCUT2D eigenvalue weighted by atomic mass is 32.2. The van der Waals surface area contributed by atoms with Crippen LogP contribution in [-0.2, 0) is 23.1 Å². The van der Waals surface area contributed by atoms with Crippen LogP contribution in [-0.4, -0.2) is 55.1 Å². The number of urea groups is 1. The summed E-state index contributed by atoms with van der Waals surface area (Å²) in [5.41, 5.74) is 2.23. The maximum absolute atomic E-state index is 12.7. The number of rotatable bonds is 4. The molecule has 26 heavy (non-hydrogen) atoms. The van der Waals surface area contributed by atoms with Gasteiger partial charge in [-0.15, -0.1) is 0 Å². The molecular weight excluding hydrogens is 354 g/mol. The number of methoxy groups -OCH3 is 1. The molecule has 7 nitrogen and oxygen atoms in total. The van der Waals surface area contributed by atoms with E-state index in [-0.39, 0.29) is 17.3 Å². The zero-order chi connectivity index (χ0) is 18.3. The maximum atomic E-state index is 12.7. The molecule has 1 saturated heterocycles. The fraction of sp³-hybridized carbons (Fsp3) is 0.611. The molecule has 4 rings (SSSR count). The van der Waals surface area contributed by atoms with Gasteiger partial charge in [-0.2, -0.15) is 4.31 Å². The monoisotopic (exact) mass is 379 g/mol. The zero-order valence-corrected chi connectivity index (χ0v) is 15.8. The van der Waals surface area contributed by atoms with Gasteiger partial charge in [0.1, 0.15) is 5.75 Å². The minimum Gasteiger partial charge on any atom is -0.497 e. The summed E-state index contributed by atoms with van der Waals surface area (Å²) in [5, 5.41) is 2.84. The fourth-order valence-corrected chi connectivity index (χ4v) is 5.70. The van der Waals surface area contributed by atoms with E-state index < -0.39 is 10.0 Å². The summed E-state index contributed by atoms with van der Waals surface area (Å²) in [5.74, 6) is 0.791. The Kier molecular flexibility index (Phi) is 4.56. The third kappa shape index (κ3) is 3.40. The molecule has 2 aliphatic heterocycles. The van der Waals surface area contributed by atoms with E-state index in [2.05, 4.69) is 5.32 Å². The summed E-state index contributed by atoms with van der Waals surface area (Å²) < 4.78 is 31.7. The number of hydrogen-bond donors (Lipinski definition) is 1. The Morgan fingerprint density at radius 3 is 2.69 bits per heavy atom. The van der Waals surface area contributed by atoms with Gasteiger partial charge in [-0.25, -0.2) is 13.2 Å². The van der Waals surface area contributed by atoms with Gasteiger partial charge in [0.15, 0.2) is 0 Å². The molecule has 0 spiro atoms. The second kappa shape index (κ2) is 6.74. The first-order chi connectivity index (χ1) is 12.5. The number of benzene rings is 1. The molecular formula is C18H25N3O4S. The van der Waals surface area contributed by atoms with Crippen molar-refractivity contribution in [3.63, 3.8) is 0 Å². The van der Waals surface area contributed by atoms with Gasteiger partial charge in [0.2, 0.25) is 10.0 Å². The molecule has 1 aromatic rings. The van der Waals surface area contributed by atoms with Crippen LogP contribution in [0.15, 0.2) is 18.2 Å². The molecule has 2 fully saturated rings. The van der Waals surface area contributed by atoms with Crippen LogP contribution in [0.3, 0.4) is 0 Å². The summed E-state index contributed by atoms with van der Waals surface area (Å²) in [7, 11) is -1.54. The lowest BCUT2D eigenvalue weighted by atomic mass is 10.1. The first kappa shape index (κ1) is 17.6. The van der Waals surface area contributed by atoms with Crippen molar-refractivity contribution in [3.05, 3.63) is 29.3 Å². The molecule has 0 bridgehead atoms. The van der Waals surface area contributed by atoms with E-state index in [1.165, 1.54) is 0 Å². The Morgan fingerprint density at radius 1 is 1.19 bits per heavy atom. The highest BCUT2D eigenvalue weighted by Crippen LogP contribution is 2.32. The average molecular weight is 379 g/mol. The quantitative estimate of drug-likeness (QED) is 0.863. The number of carbonyl (C=O) groups is 1. The van der Waals surface area contributed by atoms with E-state index in [0.29, 0.717) is 26.2 Å². The van der Waals surface area contributed by atoms with Crippen LogP contribution in [0.4, 0.5) is 4.79 Å². The minimum absolute atomic E-state index is 0.122. The highest BCUT2D eigenvalue weighted by molar-refractivity contribution is 7.90. The number of nitrogens with one attached hydrogen (secondary N) is 1. The summed E-state index contributed by atoms with van der Waals surface area (Å²) in [4.78, 5) is 14.4. The van der Waals surface area contributed by atoms with Crippen molar-refractivity contribution in [3.8, 4) is 5.75 Å². The van der Waals surface area contributed by atoms with E-state index in [4.69, 9.17) is 4.74 Å². The Bertz CT molecular complexity index is 807. The Hall–Kier alpha value is -1.80. The topological polar surface area (TPSA) is 79.0 Å². The second-order valence-electron chi connectivity index (χ2n) is 7.38. The fourth-order valence-electron chi connectivity index (χ4n) is 3.78. The van der Waals surface area contributed by atoms with E-state index in [1.807, 2.05) is 18.2 Å². The van der Waals surface area contributed by atoms with Gasteiger partial charge in [-0.3, -0.25) is 0 Å². The zero-order valence-electron chi connectivity index (χ0n) is 15.0. The van der Waals surface area contributed by atoms with Gasteiger partial charge in [0, 0.05) is 32.2 Å². The lowest BCUT2D eigenvalue weighted by molar-refractivity contribution is 0.186. The molecule has 142 valence electrons. The largest absolute Gasteiger partial charge is 0.497 e. The molecule has 1 N–H and O–H groups in total. The van der Waals surface area contributed by atoms with Gasteiger partial charge in [-0.05, 0) is 48.9 Å². The second-order valence-corrected chi connectivity index (χ2v) is 9.59. The lowest BCUT2D eigenvalue weighted by Crippen LogP contribution is -2.52. The first-order valence-electron chi connectivity index (χ1n) is 9.17. The molecule has 8 heteroatoms. The number of nitrogens with zero attached hydrogens (tertiary/aromatic N) is 2. The van der Waals surface area contributed by atoms with Gasteiger partial charge in [-0.1, -0.05) is 6.07 Å². The Labute approximate surface area is 154 Å². The van der Waals surface area contributed by atoms with Crippen LogP contribution >= 0.6 is 0 Å². The number of carbonyl (C=O) groups excluding carboxylic acids is 1. The summed E-state index contributed by atoms with van der Waals surface area (Å²) in [6.07, 6.45) is 3.14. The maximum Gasteiger partial charge on any atom is 0.318 e. The van der Waals surface area contributed by atoms with Gasteiger partial charge in [0.05, 0.1) is 12.4 Å². The minimum atomic E-state index is -3.17. The van der Waals surface area contributed by atoms with Crippen LogP contribution in [0.5, 0.6) is 5.75 Å². The van der Waals surface area contributed by atoms with Crippen molar-refractivity contribution >= 4 is 16.1 Å². The summed E-state index contributed by atoms with van der Waals surface area (Å²) in [6, 6.07) is 5.61. The highest BCUT2D eigenvalue weighted by Gasteiger charge is 2.41. The SMILES string of the molecule is COc1ccc2c(c1)CN(C(=O)N[C@@H]1CCCN(S(=O)(=O)C3CC3)C1)C2.